The normalized spacial score (nSPS) is 15.1. The number of nitrogens with one attached hydrogen (secondary N) is 2. The topological polar surface area (TPSA) is 102 Å². The van der Waals surface area contributed by atoms with Crippen LogP contribution >= 0.6 is 0 Å². The van der Waals surface area contributed by atoms with E-state index >= 15 is 0 Å². The van der Waals surface area contributed by atoms with Gasteiger partial charge in [0.1, 0.15) is 0 Å². The van der Waals surface area contributed by atoms with Gasteiger partial charge in [-0.2, -0.15) is 0 Å². The van der Waals surface area contributed by atoms with E-state index in [0.29, 0.717) is 12.8 Å². The van der Waals surface area contributed by atoms with E-state index in [2.05, 4.69) is 27.5 Å². The van der Waals surface area contributed by atoms with Crippen molar-refractivity contribution in [3.05, 3.63) is 60.2 Å². The second-order valence-electron chi connectivity index (χ2n) is 7.72. The van der Waals surface area contributed by atoms with Crippen molar-refractivity contribution in [2.45, 2.75) is 25.8 Å². The Morgan fingerprint density at radius 3 is 2.06 bits per heavy atom. The molecule has 0 bridgehead atoms. The zero-order valence-electron chi connectivity index (χ0n) is 18.7. The second kappa shape index (κ2) is 13.2. The fourth-order valence-electron chi connectivity index (χ4n) is 3.38. The third-order valence-electron chi connectivity index (χ3n) is 5.38. The lowest BCUT2D eigenvalue weighted by molar-refractivity contribution is -0.123. The maximum absolute atomic E-state index is 12.5. The van der Waals surface area contributed by atoms with Crippen LogP contribution in [0.25, 0.3) is 0 Å². The first kappa shape index (κ1) is 25.0. The van der Waals surface area contributed by atoms with E-state index in [9.17, 15) is 9.59 Å². The molecule has 0 radical (unpaired) electrons. The highest BCUT2D eigenvalue weighted by Crippen LogP contribution is 2.15. The number of amides is 2. The van der Waals surface area contributed by atoms with Gasteiger partial charge in [-0.25, -0.2) is 0 Å². The molecule has 2 aromatic rings. The standard InChI is InChI=1S/C23H30N4O2.CH2O2/c1-18(27-16-14-26(2)15-17-27)23(29)25-21-11-9-20(10-12-21)24-22(28)13-8-19-6-4-3-5-7-19;2-1-3/h3-7,9-12,18H,8,13-17H2,1-2H3,(H,24,28)(H,25,29);1H,(H,2,3). The Kier molecular flexibility index (Phi) is 10.4. The van der Waals surface area contributed by atoms with Crippen molar-refractivity contribution >= 4 is 29.7 Å². The lowest BCUT2D eigenvalue weighted by Gasteiger charge is -2.35. The number of nitrogens with zero attached hydrogens (tertiary/aromatic N) is 2. The number of carbonyl (C=O) groups excluding carboxylic acids is 2. The Morgan fingerprint density at radius 2 is 1.50 bits per heavy atom. The molecule has 8 heteroatoms. The quantitative estimate of drug-likeness (QED) is 0.572. The van der Waals surface area contributed by atoms with Crippen molar-refractivity contribution in [3.63, 3.8) is 0 Å². The molecular formula is C24H32N4O4. The second-order valence-corrected chi connectivity index (χ2v) is 7.72. The molecule has 1 unspecified atom stereocenters. The first-order valence-electron chi connectivity index (χ1n) is 10.7. The summed E-state index contributed by atoms with van der Waals surface area (Å²) in [6, 6.07) is 17.1. The fourth-order valence-corrected chi connectivity index (χ4v) is 3.38. The van der Waals surface area contributed by atoms with Crippen LogP contribution < -0.4 is 10.6 Å². The molecule has 1 saturated heterocycles. The van der Waals surface area contributed by atoms with Gasteiger partial charge in [0.15, 0.2) is 0 Å². The van der Waals surface area contributed by atoms with Crippen molar-refractivity contribution < 1.29 is 19.5 Å². The van der Waals surface area contributed by atoms with E-state index in [0.717, 1.165) is 43.1 Å². The van der Waals surface area contributed by atoms with Crippen LogP contribution in [0.3, 0.4) is 0 Å². The van der Waals surface area contributed by atoms with Crippen molar-refractivity contribution in [3.8, 4) is 0 Å². The van der Waals surface area contributed by atoms with E-state index < -0.39 is 0 Å². The molecule has 1 atom stereocenters. The molecule has 1 aliphatic rings. The molecule has 172 valence electrons. The van der Waals surface area contributed by atoms with Crippen molar-refractivity contribution in [2.75, 3.05) is 43.9 Å². The molecule has 0 spiro atoms. The zero-order valence-corrected chi connectivity index (χ0v) is 18.7. The number of piperazine rings is 1. The number of aryl methyl sites for hydroxylation is 1. The Balaban J connectivity index is 0.00000114. The molecule has 32 heavy (non-hydrogen) atoms. The third kappa shape index (κ3) is 8.49. The summed E-state index contributed by atoms with van der Waals surface area (Å²) < 4.78 is 0. The molecule has 3 N–H and O–H groups in total. The molecule has 2 aromatic carbocycles. The van der Waals surface area contributed by atoms with Gasteiger partial charge in [0.25, 0.3) is 6.47 Å². The van der Waals surface area contributed by atoms with E-state index in [1.807, 2.05) is 61.5 Å². The highest BCUT2D eigenvalue weighted by molar-refractivity contribution is 5.95. The smallest absolute Gasteiger partial charge is 0.290 e. The fraction of sp³-hybridized carbons (Fsp3) is 0.375. The van der Waals surface area contributed by atoms with Gasteiger partial charge in [-0.15, -0.1) is 0 Å². The average molecular weight is 441 g/mol. The van der Waals surface area contributed by atoms with E-state index in [1.165, 1.54) is 0 Å². The number of carbonyl (C=O) groups is 3. The first-order chi connectivity index (χ1) is 15.4. The molecule has 3 rings (SSSR count). The number of likely N-dealkylation sites (N-methyl/N-ethyl adjacent to an activating group) is 1. The number of anilines is 2. The van der Waals surface area contributed by atoms with Gasteiger partial charge in [0, 0.05) is 44.0 Å². The highest BCUT2D eigenvalue weighted by atomic mass is 16.3. The number of benzene rings is 2. The van der Waals surface area contributed by atoms with Crippen LogP contribution in [0.2, 0.25) is 0 Å². The zero-order chi connectivity index (χ0) is 23.3. The van der Waals surface area contributed by atoms with Gasteiger partial charge in [-0.1, -0.05) is 30.3 Å². The summed E-state index contributed by atoms with van der Waals surface area (Å²) in [6.07, 6.45) is 1.15. The lowest BCUT2D eigenvalue weighted by Crippen LogP contribution is -2.51. The minimum absolute atomic E-state index is 0.00537. The summed E-state index contributed by atoms with van der Waals surface area (Å²) in [6.45, 7) is 5.46. The van der Waals surface area contributed by atoms with E-state index in [1.54, 1.807) is 0 Å². The molecule has 0 aromatic heterocycles. The average Bonchev–Trinajstić information content (AvgIpc) is 2.80. The van der Waals surface area contributed by atoms with Gasteiger partial charge < -0.3 is 20.6 Å². The van der Waals surface area contributed by atoms with Crippen LogP contribution in [0.15, 0.2) is 54.6 Å². The number of carboxylic acid groups (broad SMARTS) is 1. The summed E-state index contributed by atoms with van der Waals surface area (Å²) in [5.41, 5.74) is 2.61. The summed E-state index contributed by atoms with van der Waals surface area (Å²) in [7, 11) is 2.10. The molecule has 2 amide bonds. The minimum Gasteiger partial charge on any atom is -0.483 e. The van der Waals surface area contributed by atoms with Gasteiger partial charge in [0.05, 0.1) is 6.04 Å². The molecule has 1 fully saturated rings. The molecule has 8 nitrogen and oxygen atoms in total. The first-order valence-corrected chi connectivity index (χ1v) is 10.7. The molecule has 0 aliphatic carbocycles. The van der Waals surface area contributed by atoms with Crippen molar-refractivity contribution in [1.29, 1.82) is 0 Å². The third-order valence-corrected chi connectivity index (χ3v) is 5.38. The van der Waals surface area contributed by atoms with Gasteiger partial charge in [0.2, 0.25) is 11.8 Å². The minimum atomic E-state index is -0.250. The van der Waals surface area contributed by atoms with E-state index in [-0.39, 0.29) is 24.3 Å². The van der Waals surface area contributed by atoms with Gasteiger partial charge >= 0.3 is 0 Å². The molecule has 1 heterocycles. The molecule has 1 aliphatic heterocycles. The predicted octanol–water partition coefficient (Wildman–Crippen LogP) is 2.53. The maximum atomic E-state index is 12.5. The number of hydrogen-bond donors (Lipinski definition) is 3. The monoisotopic (exact) mass is 440 g/mol. The van der Waals surface area contributed by atoms with Crippen LogP contribution in [0.4, 0.5) is 11.4 Å². The largest absolute Gasteiger partial charge is 0.483 e. The summed E-state index contributed by atoms with van der Waals surface area (Å²) in [5.74, 6) is -0.0245. The molecular weight excluding hydrogens is 408 g/mol. The predicted molar refractivity (Wildman–Crippen MR) is 126 cm³/mol. The van der Waals surface area contributed by atoms with Crippen LogP contribution in [0.1, 0.15) is 18.9 Å². The van der Waals surface area contributed by atoms with Crippen LogP contribution in [-0.4, -0.2) is 72.5 Å². The van der Waals surface area contributed by atoms with Crippen molar-refractivity contribution in [1.82, 2.24) is 9.80 Å². The van der Waals surface area contributed by atoms with Gasteiger partial charge in [-0.05, 0) is 50.2 Å². The Labute approximate surface area is 189 Å². The van der Waals surface area contributed by atoms with E-state index in [4.69, 9.17) is 9.90 Å². The number of hydrogen-bond acceptors (Lipinski definition) is 5. The van der Waals surface area contributed by atoms with Crippen molar-refractivity contribution in [2.24, 2.45) is 0 Å². The molecule has 0 saturated carbocycles. The van der Waals surface area contributed by atoms with Crippen LogP contribution in [0, 0.1) is 0 Å². The van der Waals surface area contributed by atoms with Gasteiger partial charge in [-0.3, -0.25) is 19.3 Å². The summed E-state index contributed by atoms with van der Waals surface area (Å²) in [5, 5.41) is 12.8. The highest BCUT2D eigenvalue weighted by Gasteiger charge is 2.24. The number of rotatable bonds is 7. The lowest BCUT2D eigenvalue weighted by atomic mass is 10.1. The van der Waals surface area contributed by atoms with Crippen LogP contribution in [-0.2, 0) is 20.8 Å². The Hall–Kier alpha value is -3.23. The summed E-state index contributed by atoms with van der Waals surface area (Å²) in [4.78, 5) is 37.5. The van der Waals surface area contributed by atoms with Crippen LogP contribution in [0.5, 0.6) is 0 Å². The Morgan fingerprint density at radius 1 is 0.969 bits per heavy atom. The Bertz CT molecular complexity index is 850. The maximum Gasteiger partial charge on any atom is 0.290 e. The summed E-state index contributed by atoms with van der Waals surface area (Å²) >= 11 is 0. The SMILES string of the molecule is CC(C(=O)Nc1ccc(NC(=O)CCc2ccccc2)cc1)N1CCN(C)CC1.O=CO.